The zero-order valence-corrected chi connectivity index (χ0v) is 17.0. The van der Waals surface area contributed by atoms with Crippen LogP contribution < -0.4 is 10.6 Å². The Morgan fingerprint density at radius 3 is 2.66 bits per heavy atom. The van der Waals surface area contributed by atoms with Crippen molar-refractivity contribution in [3.05, 3.63) is 53.4 Å². The van der Waals surface area contributed by atoms with Crippen molar-refractivity contribution in [3.63, 3.8) is 0 Å². The second kappa shape index (κ2) is 8.71. The monoisotopic (exact) mass is 419 g/mol. The van der Waals surface area contributed by atoms with Crippen LogP contribution in [-0.4, -0.2) is 43.8 Å². The van der Waals surface area contributed by atoms with Gasteiger partial charge < -0.3 is 10.6 Å². The van der Waals surface area contributed by atoms with E-state index in [9.17, 15) is 9.18 Å². The minimum absolute atomic E-state index is 0. The molecule has 2 N–H and O–H groups in total. The van der Waals surface area contributed by atoms with Crippen molar-refractivity contribution < 1.29 is 9.18 Å². The smallest absolute Gasteiger partial charge is 0.277 e. The summed E-state index contributed by atoms with van der Waals surface area (Å²) in [6.45, 7) is 5.56. The van der Waals surface area contributed by atoms with Crippen molar-refractivity contribution in [1.29, 1.82) is 0 Å². The number of rotatable bonds is 4. The molecule has 1 aliphatic heterocycles. The van der Waals surface area contributed by atoms with Crippen LogP contribution in [0.4, 0.5) is 10.1 Å². The van der Waals surface area contributed by atoms with E-state index < -0.39 is 11.7 Å². The standard InChI is InChI=1S/C19H22FN7O.ClH/c1-12-9-13(2)27(24-12)18-4-3-14(10-16(18)20)22-19(28)17-11-26(25-23-17)15-5-7-21-8-6-15;/h3-4,9-11,15,21H,5-8H2,1-2H3,(H,22,28);1H. The number of aromatic nitrogens is 5. The van der Waals surface area contributed by atoms with Crippen molar-refractivity contribution in [1.82, 2.24) is 30.1 Å². The summed E-state index contributed by atoms with van der Waals surface area (Å²) in [6, 6.07) is 6.63. The Morgan fingerprint density at radius 2 is 2.00 bits per heavy atom. The van der Waals surface area contributed by atoms with Gasteiger partial charge in [0.15, 0.2) is 11.5 Å². The van der Waals surface area contributed by atoms with Crippen LogP contribution in [0, 0.1) is 19.7 Å². The first-order valence-corrected chi connectivity index (χ1v) is 9.28. The number of halogens is 2. The number of carbonyl (C=O) groups is 1. The maximum absolute atomic E-state index is 14.6. The summed E-state index contributed by atoms with van der Waals surface area (Å²) in [5.41, 5.74) is 2.54. The van der Waals surface area contributed by atoms with E-state index in [0.29, 0.717) is 11.4 Å². The van der Waals surface area contributed by atoms with Gasteiger partial charge in [0.1, 0.15) is 5.69 Å². The fourth-order valence-corrected chi connectivity index (χ4v) is 3.45. The summed E-state index contributed by atoms with van der Waals surface area (Å²) in [5.74, 6) is -0.888. The Hall–Kier alpha value is -2.78. The quantitative estimate of drug-likeness (QED) is 0.678. The third-order valence-corrected chi connectivity index (χ3v) is 4.87. The van der Waals surface area contributed by atoms with Crippen molar-refractivity contribution in [2.45, 2.75) is 32.7 Å². The number of nitrogens with one attached hydrogen (secondary N) is 2. The maximum Gasteiger partial charge on any atom is 0.277 e. The predicted octanol–water partition coefficient (Wildman–Crippen LogP) is 2.82. The third kappa shape index (κ3) is 4.46. The molecule has 1 aliphatic rings. The zero-order valence-electron chi connectivity index (χ0n) is 16.2. The molecule has 1 saturated heterocycles. The van der Waals surface area contributed by atoms with Crippen molar-refractivity contribution in [2.24, 2.45) is 0 Å². The van der Waals surface area contributed by atoms with Crippen molar-refractivity contribution >= 4 is 24.0 Å². The molecule has 10 heteroatoms. The average Bonchev–Trinajstić information content (AvgIpc) is 3.29. The number of benzene rings is 1. The van der Waals surface area contributed by atoms with Gasteiger partial charge in [0.2, 0.25) is 0 Å². The summed E-state index contributed by atoms with van der Waals surface area (Å²) in [6.07, 6.45) is 3.54. The van der Waals surface area contributed by atoms with Gasteiger partial charge in [-0.2, -0.15) is 5.10 Å². The first-order valence-electron chi connectivity index (χ1n) is 9.28. The number of piperidine rings is 1. The molecule has 0 unspecified atom stereocenters. The molecule has 1 aromatic carbocycles. The number of nitrogens with zero attached hydrogens (tertiary/aromatic N) is 5. The maximum atomic E-state index is 14.6. The second-order valence-corrected chi connectivity index (χ2v) is 7.02. The Morgan fingerprint density at radius 1 is 1.24 bits per heavy atom. The lowest BCUT2D eigenvalue weighted by Crippen LogP contribution is -2.29. The van der Waals surface area contributed by atoms with Gasteiger partial charge in [-0.1, -0.05) is 5.21 Å². The van der Waals surface area contributed by atoms with E-state index >= 15 is 0 Å². The second-order valence-electron chi connectivity index (χ2n) is 7.02. The topological polar surface area (TPSA) is 89.7 Å². The van der Waals surface area contributed by atoms with E-state index in [1.165, 1.54) is 6.07 Å². The molecule has 1 fully saturated rings. The highest BCUT2D eigenvalue weighted by molar-refractivity contribution is 6.02. The minimum atomic E-state index is -0.470. The number of hydrogen-bond acceptors (Lipinski definition) is 5. The number of anilines is 1. The van der Waals surface area contributed by atoms with Crippen LogP contribution in [0.3, 0.4) is 0 Å². The molecule has 0 spiro atoms. The van der Waals surface area contributed by atoms with Crippen LogP contribution >= 0.6 is 12.4 Å². The van der Waals surface area contributed by atoms with E-state index in [-0.39, 0.29) is 24.1 Å². The molecular weight excluding hydrogens is 397 g/mol. The average molecular weight is 420 g/mol. The molecule has 3 aromatic rings. The van der Waals surface area contributed by atoms with E-state index in [2.05, 4.69) is 26.0 Å². The highest BCUT2D eigenvalue weighted by atomic mass is 35.5. The van der Waals surface area contributed by atoms with Crippen LogP contribution in [0.15, 0.2) is 30.5 Å². The first kappa shape index (κ1) is 20.9. The van der Waals surface area contributed by atoms with Gasteiger partial charge in [-0.15, -0.1) is 17.5 Å². The summed E-state index contributed by atoms with van der Waals surface area (Å²) in [7, 11) is 0. The largest absolute Gasteiger partial charge is 0.320 e. The van der Waals surface area contributed by atoms with Crippen LogP contribution in [0.1, 0.15) is 40.8 Å². The lowest BCUT2D eigenvalue weighted by atomic mass is 10.1. The third-order valence-electron chi connectivity index (χ3n) is 4.87. The highest BCUT2D eigenvalue weighted by Crippen LogP contribution is 2.21. The van der Waals surface area contributed by atoms with Crippen molar-refractivity contribution in [2.75, 3.05) is 18.4 Å². The summed E-state index contributed by atoms with van der Waals surface area (Å²) in [5, 5.41) is 18.3. The van der Waals surface area contributed by atoms with Crippen LogP contribution in [0.2, 0.25) is 0 Å². The van der Waals surface area contributed by atoms with Crippen molar-refractivity contribution in [3.8, 4) is 5.69 Å². The molecule has 0 aliphatic carbocycles. The molecule has 2 aromatic heterocycles. The molecule has 29 heavy (non-hydrogen) atoms. The van der Waals surface area contributed by atoms with Crippen LogP contribution in [0.5, 0.6) is 0 Å². The summed E-state index contributed by atoms with van der Waals surface area (Å²) in [4.78, 5) is 12.5. The lowest BCUT2D eigenvalue weighted by molar-refractivity contribution is 0.102. The predicted molar refractivity (Wildman–Crippen MR) is 109 cm³/mol. The Bertz CT molecular complexity index is 1010. The molecular formula is C19H23ClFN7O. The number of carbonyl (C=O) groups excluding carboxylic acids is 1. The van der Waals surface area contributed by atoms with Gasteiger partial charge in [-0.25, -0.2) is 13.8 Å². The molecule has 0 radical (unpaired) electrons. The highest BCUT2D eigenvalue weighted by Gasteiger charge is 2.19. The Kier molecular flexibility index (Phi) is 6.29. The van der Waals surface area contributed by atoms with Gasteiger partial charge in [0, 0.05) is 11.4 Å². The molecule has 154 valence electrons. The van der Waals surface area contributed by atoms with E-state index in [1.807, 2.05) is 19.9 Å². The summed E-state index contributed by atoms with van der Waals surface area (Å²) < 4.78 is 17.9. The minimum Gasteiger partial charge on any atom is -0.320 e. The molecule has 0 atom stereocenters. The number of amides is 1. The molecule has 0 saturated carbocycles. The fourth-order valence-electron chi connectivity index (χ4n) is 3.45. The molecule has 0 bridgehead atoms. The number of hydrogen-bond donors (Lipinski definition) is 2. The van der Waals surface area contributed by atoms with Gasteiger partial charge in [0.25, 0.3) is 5.91 Å². The SMILES string of the molecule is Cc1cc(C)n(-c2ccc(NC(=O)c3cn(C4CCNCC4)nn3)cc2F)n1.Cl. The Balaban J connectivity index is 0.00000240. The van der Waals surface area contributed by atoms with E-state index in [4.69, 9.17) is 0 Å². The molecule has 4 rings (SSSR count). The summed E-state index contributed by atoms with van der Waals surface area (Å²) >= 11 is 0. The van der Waals surface area contributed by atoms with Crippen LogP contribution in [0.25, 0.3) is 5.69 Å². The van der Waals surface area contributed by atoms with E-state index in [1.54, 1.807) is 27.7 Å². The Labute approximate surface area is 173 Å². The van der Waals surface area contributed by atoms with Gasteiger partial charge in [-0.3, -0.25) is 4.79 Å². The zero-order chi connectivity index (χ0) is 19.7. The lowest BCUT2D eigenvalue weighted by Gasteiger charge is -2.22. The van der Waals surface area contributed by atoms with Crippen LogP contribution in [-0.2, 0) is 0 Å². The normalized spacial score (nSPS) is 14.4. The number of aryl methyl sites for hydroxylation is 2. The molecule has 1 amide bonds. The fraction of sp³-hybridized carbons (Fsp3) is 0.368. The van der Waals surface area contributed by atoms with Gasteiger partial charge in [0.05, 0.1) is 17.9 Å². The molecule has 8 nitrogen and oxygen atoms in total. The van der Waals surface area contributed by atoms with Gasteiger partial charge >= 0.3 is 0 Å². The first-order chi connectivity index (χ1) is 13.5. The van der Waals surface area contributed by atoms with Gasteiger partial charge in [-0.05, 0) is 64.0 Å². The molecule has 3 heterocycles. The van der Waals surface area contributed by atoms with E-state index in [0.717, 1.165) is 37.3 Å².